The van der Waals surface area contributed by atoms with Crippen molar-refractivity contribution in [2.75, 3.05) is 18.4 Å². The molecule has 1 aromatic carbocycles. The van der Waals surface area contributed by atoms with Gasteiger partial charge < -0.3 is 10.6 Å². The Bertz CT molecular complexity index is 492. The molecule has 0 aliphatic rings. The van der Waals surface area contributed by atoms with Crippen molar-refractivity contribution in [2.45, 2.75) is 39.8 Å². The number of nitro benzene ring substituents is 1. The number of nitrogens with zero attached hydrogens (tertiary/aromatic N) is 2. The quantitative estimate of drug-likeness (QED) is 0.599. The summed E-state index contributed by atoms with van der Waals surface area (Å²) in [6.45, 7) is 9.79. The van der Waals surface area contributed by atoms with Gasteiger partial charge in [0.2, 0.25) is 0 Å². The van der Waals surface area contributed by atoms with Crippen molar-refractivity contribution in [1.29, 1.82) is 0 Å². The SMILES string of the molecule is CC(C)N(CCNC(=O)Nc1ccc([N+](=O)[O-])cc1)C(C)C. The van der Waals surface area contributed by atoms with Gasteiger partial charge in [0.05, 0.1) is 4.92 Å². The van der Waals surface area contributed by atoms with Crippen molar-refractivity contribution in [3.63, 3.8) is 0 Å². The summed E-state index contributed by atoms with van der Waals surface area (Å²) in [6, 6.07) is 6.24. The molecule has 22 heavy (non-hydrogen) atoms. The van der Waals surface area contributed by atoms with Gasteiger partial charge in [0.25, 0.3) is 5.69 Å². The molecule has 0 spiro atoms. The Morgan fingerprint density at radius 1 is 1.18 bits per heavy atom. The first-order valence-electron chi connectivity index (χ1n) is 7.36. The van der Waals surface area contributed by atoms with E-state index in [1.807, 2.05) is 0 Å². The number of benzene rings is 1. The number of carbonyl (C=O) groups excluding carboxylic acids is 1. The summed E-state index contributed by atoms with van der Waals surface area (Å²) in [5.74, 6) is 0. The highest BCUT2D eigenvalue weighted by molar-refractivity contribution is 5.89. The third kappa shape index (κ3) is 5.69. The molecule has 0 saturated carbocycles. The number of nitro groups is 1. The molecule has 2 N–H and O–H groups in total. The molecule has 7 nitrogen and oxygen atoms in total. The Hall–Kier alpha value is -2.15. The minimum atomic E-state index is -0.476. The Morgan fingerprint density at radius 3 is 2.18 bits per heavy atom. The maximum absolute atomic E-state index is 11.8. The maximum Gasteiger partial charge on any atom is 0.319 e. The highest BCUT2D eigenvalue weighted by atomic mass is 16.6. The van der Waals surface area contributed by atoms with E-state index in [-0.39, 0.29) is 11.7 Å². The zero-order valence-electron chi connectivity index (χ0n) is 13.5. The fraction of sp³-hybridized carbons (Fsp3) is 0.533. The Balaban J connectivity index is 2.41. The summed E-state index contributed by atoms with van der Waals surface area (Å²) >= 11 is 0. The molecule has 0 atom stereocenters. The van der Waals surface area contributed by atoms with E-state index >= 15 is 0 Å². The Kier molecular flexibility index (Phi) is 6.78. The Labute approximate surface area is 130 Å². The van der Waals surface area contributed by atoms with E-state index in [1.165, 1.54) is 24.3 Å². The minimum absolute atomic E-state index is 0.00420. The summed E-state index contributed by atoms with van der Waals surface area (Å²) in [5.41, 5.74) is 0.517. The van der Waals surface area contributed by atoms with Gasteiger partial charge in [0, 0.05) is 43.0 Å². The number of carbonyl (C=O) groups is 1. The van der Waals surface area contributed by atoms with Gasteiger partial charge in [0.1, 0.15) is 0 Å². The van der Waals surface area contributed by atoms with Gasteiger partial charge in [-0.15, -0.1) is 0 Å². The molecule has 0 unspecified atom stereocenters. The monoisotopic (exact) mass is 308 g/mol. The second-order valence-electron chi connectivity index (χ2n) is 5.61. The molecule has 0 aromatic heterocycles. The van der Waals surface area contributed by atoms with Crippen LogP contribution in [0.25, 0.3) is 0 Å². The van der Waals surface area contributed by atoms with Gasteiger partial charge in [-0.25, -0.2) is 4.79 Å². The lowest BCUT2D eigenvalue weighted by molar-refractivity contribution is -0.384. The Morgan fingerprint density at radius 2 is 1.73 bits per heavy atom. The largest absolute Gasteiger partial charge is 0.337 e. The molecule has 0 radical (unpaired) electrons. The number of anilines is 1. The van der Waals surface area contributed by atoms with Crippen LogP contribution in [0.2, 0.25) is 0 Å². The number of hydrogen-bond donors (Lipinski definition) is 2. The van der Waals surface area contributed by atoms with Crippen molar-refractivity contribution in [1.82, 2.24) is 10.2 Å². The fourth-order valence-electron chi connectivity index (χ4n) is 2.25. The van der Waals surface area contributed by atoms with Crippen LogP contribution in [0, 0.1) is 10.1 Å². The van der Waals surface area contributed by atoms with Crippen molar-refractivity contribution in [2.24, 2.45) is 0 Å². The molecule has 0 aliphatic heterocycles. The number of amides is 2. The lowest BCUT2D eigenvalue weighted by Gasteiger charge is -2.30. The fourth-order valence-corrected chi connectivity index (χ4v) is 2.25. The van der Waals surface area contributed by atoms with Gasteiger partial charge in [-0.3, -0.25) is 15.0 Å². The average Bonchev–Trinajstić information content (AvgIpc) is 2.43. The van der Waals surface area contributed by atoms with Crippen LogP contribution in [0.1, 0.15) is 27.7 Å². The zero-order valence-corrected chi connectivity index (χ0v) is 13.5. The van der Waals surface area contributed by atoms with E-state index in [2.05, 4.69) is 43.2 Å². The predicted molar refractivity (Wildman–Crippen MR) is 87.1 cm³/mol. The molecule has 0 fully saturated rings. The predicted octanol–water partition coefficient (Wildman–Crippen LogP) is 2.84. The molecule has 1 rings (SSSR count). The highest BCUT2D eigenvalue weighted by Gasteiger charge is 2.13. The number of rotatable bonds is 7. The highest BCUT2D eigenvalue weighted by Crippen LogP contribution is 2.15. The van der Waals surface area contributed by atoms with Gasteiger partial charge in [-0.2, -0.15) is 0 Å². The zero-order chi connectivity index (χ0) is 16.7. The molecule has 0 aliphatic carbocycles. The standard InChI is InChI=1S/C15H24N4O3/c1-11(2)18(12(3)4)10-9-16-15(20)17-13-5-7-14(8-6-13)19(21)22/h5-8,11-12H,9-10H2,1-4H3,(H2,16,17,20). The molecule has 1 aromatic rings. The van der Waals surface area contributed by atoms with Crippen molar-refractivity contribution >= 4 is 17.4 Å². The lowest BCUT2D eigenvalue weighted by atomic mass is 10.2. The summed E-state index contributed by atoms with van der Waals surface area (Å²) in [5, 5.41) is 16.0. The molecule has 0 bridgehead atoms. The molecule has 0 saturated heterocycles. The average molecular weight is 308 g/mol. The normalized spacial score (nSPS) is 11.0. The summed E-state index contributed by atoms with van der Waals surface area (Å²) in [6.07, 6.45) is 0. The first kappa shape index (κ1) is 17.9. The van der Waals surface area contributed by atoms with Gasteiger partial charge in [-0.05, 0) is 39.8 Å². The van der Waals surface area contributed by atoms with E-state index < -0.39 is 4.92 Å². The van der Waals surface area contributed by atoms with Crippen LogP contribution >= 0.6 is 0 Å². The number of hydrogen-bond acceptors (Lipinski definition) is 4. The topological polar surface area (TPSA) is 87.5 Å². The van der Waals surface area contributed by atoms with E-state index in [4.69, 9.17) is 0 Å². The minimum Gasteiger partial charge on any atom is -0.337 e. The van der Waals surface area contributed by atoms with E-state index in [1.54, 1.807) is 0 Å². The van der Waals surface area contributed by atoms with Crippen molar-refractivity contribution in [3.8, 4) is 0 Å². The summed E-state index contributed by atoms with van der Waals surface area (Å²) < 4.78 is 0. The first-order chi connectivity index (χ1) is 10.3. The molecular formula is C15H24N4O3. The smallest absolute Gasteiger partial charge is 0.319 e. The number of urea groups is 1. The van der Waals surface area contributed by atoms with Crippen LogP contribution < -0.4 is 10.6 Å². The summed E-state index contributed by atoms with van der Waals surface area (Å²) in [4.78, 5) is 24.1. The molecule has 0 heterocycles. The van der Waals surface area contributed by atoms with Crippen LogP contribution in [0.3, 0.4) is 0 Å². The van der Waals surface area contributed by atoms with E-state index in [0.717, 1.165) is 6.54 Å². The third-order valence-electron chi connectivity index (χ3n) is 3.32. The van der Waals surface area contributed by atoms with Crippen LogP contribution in [-0.4, -0.2) is 41.0 Å². The third-order valence-corrected chi connectivity index (χ3v) is 3.32. The molecular weight excluding hydrogens is 284 g/mol. The van der Waals surface area contributed by atoms with Crippen molar-refractivity contribution in [3.05, 3.63) is 34.4 Å². The number of nitrogens with one attached hydrogen (secondary N) is 2. The van der Waals surface area contributed by atoms with Gasteiger partial charge >= 0.3 is 6.03 Å². The molecule has 7 heteroatoms. The first-order valence-corrected chi connectivity index (χ1v) is 7.36. The van der Waals surface area contributed by atoms with Gasteiger partial charge in [0.15, 0.2) is 0 Å². The van der Waals surface area contributed by atoms with Crippen LogP contribution in [0.4, 0.5) is 16.2 Å². The number of non-ortho nitro benzene ring substituents is 1. The van der Waals surface area contributed by atoms with Gasteiger partial charge in [-0.1, -0.05) is 0 Å². The summed E-state index contributed by atoms with van der Waals surface area (Å²) in [7, 11) is 0. The van der Waals surface area contributed by atoms with E-state index in [0.29, 0.717) is 24.3 Å². The maximum atomic E-state index is 11.8. The van der Waals surface area contributed by atoms with Crippen molar-refractivity contribution < 1.29 is 9.72 Å². The van der Waals surface area contributed by atoms with Crippen LogP contribution in [-0.2, 0) is 0 Å². The van der Waals surface area contributed by atoms with E-state index in [9.17, 15) is 14.9 Å². The molecule has 122 valence electrons. The lowest BCUT2D eigenvalue weighted by Crippen LogP contribution is -2.43. The second-order valence-corrected chi connectivity index (χ2v) is 5.61. The second kappa shape index (κ2) is 8.33. The van der Waals surface area contributed by atoms with Crippen LogP contribution in [0.15, 0.2) is 24.3 Å². The molecule has 2 amide bonds. The van der Waals surface area contributed by atoms with Crippen LogP contribution in [0.5, 0.6) is 0 Å².